The third kappa shape index (κ3) is 7.37. The molecule has 0 aliphatic carbocycles. The van der Waals surface area contributed by atoms with Crippen LogP contribution >= 0.6 is 0 Å². The van der Waals surface area contributed by atoms with Crippen molar-refractivity contribution in [2.75, 3.05) is 6.61 Å². The Morgan fingerprint density at radius 2 is 2.09 bits per heavy atom. The Labute approximate surface area is 68.9 Å². The molecule has 0 amide bonds. The average molecular weight is 158 g/mol. The van der Waals surface area contributed by atoms with Crippen molar-refractivity contribution in [1.29, 1.82) is 0 Å². The summed E-state index contributed by atoms with van der Waals surface area (Å²) in [5.41, 5.74) is 0. The Morgan fingerprint density at radius 3 is 2.55 bits per heavy atom. The van der Waals surface area contributed by atoms with Crippen molar-refractivity contribution in [3.8, 4) is 0 Å². The van der Waals surface area contributed by atoms with Gasteiger partial charge in [-0.15, -0.1) is 0 Å². The Morgan fingerprint density at radius 1 is 1.45 bits per heavy atom. The molecule has 0 saturated heterocycles. The quantitative estimate of drug-likeness (QED) is 0.574. The van der Waals surface area contributed by atoms with E-state index in [4.69, 9.17) is 4.74 Å². The fourth-order valence-corrected chi connectivity index (χ4v) is 0.888. The number of hydrogen-bond donors (Lipinski definition) is 0. The van der Waals surface area contributed by atoms with Gasteiger partial charge in [0.25, 0.3) is 0 Å². The number of ether oxygens (including phenoxy) is 1. The van der Waals surface area contributed by atoms with Gasteiger partial charge in [-0.3, -0.25) is 4.79 Å². The van der Waals surface area contributed by atoms with Gasteiger partial charge in [-0.05, 0) is 19.3 Å². The van der Waals surface area contributed by atoms with Crippen LogP contribution in [0.15, 0.2) is 0 Å². The molecule has 11 heavy (non-hydrogen) atoms. The van der Waals surface area contributed by atoms with Crippen LogP contribution in [0.5, 0.6) is 0 Å². The van der Waals surface area contributed by atoms with E-state index in [9.17, 15) is 4.79 Å². The van der Waals surface area contributed by atoms with Crippen LogP contribution in [0, 0.1) is 5.92 Å². The number of hydrogen-bond acceptors (Lipinski definition) is 2. The molecule has 0 N–H and O–H groups in total. The molecule has 2 nitrogen and oxygen atoms in total. The minimum atomic E-state index is -0.0619. The topological polar surface area (TPSA) is 26.3 Å². The highest BCUT2D eigenvalue weighted by Gasteiger charge is 2.01. The lowest BCUT2D eigenvalue weighted by Gasteiger charge is -2.03. The molecule has 0 aromatic heterocycles. The maximum atomic E-state index is 10.8. The SMILES string of the molecule is CCOC(=O)CCCC(C)C. The first-order chi connectivity index (χ1) is 5.16. The molecule has 0 rings (SSSR count). The highest BCUT2D eigenvalue weighted by Crippen LogP contribution is 2.06. The van der Waals surface area contributed by atoms with Crippen molar-refractivity contribution in [3.63, 3.8) is 0 Å². The lowest BCUT2D eigenvalue weighted by molar-refractivity contribution is -0.143. The van der Waals surface area contributed by atoms with E-state index in [1.54, 1.807) is 0 Å². The highest BCUT2D eigenvalue weighted by atomic mass is 16.5. The molecule has 0 atom stereocenters. The van der Waals surface area contributed by atoms with Gasteiger partial charge in [0.15, 0.2) is 0 Å². The molecule has 0 aromatic carbocycles. The summed E-state index contributed by atoms with van der Waals surface area (Å²) in [5.74, 6) is 0.623. The molecule has 0 aliphatic heterocycles. The van der Waals surface area contributed by atoms with Crippen molar-refractivity contribution in [2.24, 2.45) is 5.92 Å². The van der Waals surface area contributed by atoms with Crippen molar-refractivity contribution in [1.82, 2.24) is 0 Å². The summed E-state index contributed by atoms with van der Waals surface area (Å²) in [7, 11) is 0. The van der Waals surface area contributed by atoms with Gasteiger partial charge in [-0.25, -0.2) is 0 Å². The van der Waals surface area contributed by atoms with E-state index < -0.39 is 0 Å². The molecule has 0 aliphatic rings. The molecule has 66 valence electrons. The van der Waals surface area contributed by atoms with E-state index in [0.717, 1.165) is 12.8 Å². The van der Waals surface area contributed by atoms with Crippen LogP contribution in [0.4, 0.5) is 0 Å². The van der Waals surface area contributed by atoms with E-state index in [2.05, 4.69) is 13.8 Å². The number of esters is 1. The summed E-state index contributed by atoms with van der Waals surface area (Å²) in [6, 6.07) is 0. The zero-order chi connectivity index (χ0) is 8.69. The van der Waals surface area contributed by atoms with E-state index in [1.165, 1.54) is 0 Å². The molecular formula is C9H18O2. The largest absolute Gasteiger partial charge is 0.466 e. The molecule has 0 radical (unpaired) electrons. The van der Waals surface area contributed by atoms with Gasteiger partial charge in [0, 0.05) is 6.42 Å². The summed E-state index contributed by atoms with van der Waals surface area (Å²) >= 11 is 0. The molecule has 2 heteroatoms. The second kappa shape index (κ2) is 6.20. The lowest BCUT2D eigenvalue weighted by atomic mass is 10.1. The molecule has 0 unspecified atom stereocenters. The summed E-state index contributed by atoms with van der Waals surface area (Å²) in [6.07, 6.45) is 2.64. The molecular weight excluding hydrogens is 140 g/mol. The Bertz CT molecular complexity index is 108. The first-order valence-corrected chi connectivity index (χ1v) is 4.32. The van der Waals surface area contributed by atoms with Gasteiger partial charge in [0.2, 0.25) is 0 Å². The summed E-state index contributed by atoms with van der Waals surface area (Å²) < 4.78 is 4.78. The van der Waals surface area contributed by atoms with Crippen molar-refractivity contribution in [3.05, 3.63) is 0 Å². The minimum absolute atomic E-state index is 0.0619. The second-order valence-electron chi connectivity index (χ2n) is 3.09. The monoisotopic (exact) mass is 158 g/mol. The summed E-state index contributed by atoms with van der Waals surface area (Å²) in [5, 5.41) is 0. The fourth-order valence-electron chi connectivity index (χ4n) is 0.888. The molecule has 0 aromatic rings. The Hall–Kier alpha value is -0.530. The van der Waals surface area contributed by atoms with Crippen LogP contribution in [0.25, 0.3) is 0 Å². The third-order valence-electron chi connectivity index (χ3n) is 1.47. The van der Waals surface area contributed by atoms with Gasteiger partial charge >= 0.3 is 5.97 Å². The first-order valence-electron chi connectivity index (χ1n) is 4.32. The smallest absolute Gasteiger partial charge is 0.305 e. The molecule has 0 bridgehead atoms. The average Bonchev–Trinajstić information content (AvgIpc) is 1.87. The van der Waals surface area contributed by atoms with Crippen LogP contribution in [-0.4, -0.2) is 12.6 Å². The number of carbonyl (C=O) groups excluding carboxylic acids is 1. The highest BCUT2D eigenvalue weighted by molar-refractivity contribution is 5.69. The zero-order valence-electron chi connectivity index (χ0n) is 7.72. The van der Waals surface area contributed by atoms with E-state index >= 15 is 0 Å². The predicted octanol–water partition coefficient (Wildman–Crippen LogP) is 2.38. The summed E-state index contributed by atoms with van der Waals surface area (Å²) in [6.45, 7) is 6.65. The van der Waals surface area contributed by atoms with Gasteiger partial charge in [-0.1, -0.05) is 20.3 Å². The van der Waals surface area contributed by atoms with Crippen LogP contribution in [-0.2, 0) is 9.53 Å². The number of carbonyl (C=O) groups is 1. The van der Waals surface area contributed by atoms with Gasteiger partial charge in [-0.2, -0.15) is 0 Å². The third-order valence-corrected chi connectivity index (χ3v) is 1.47. The number of rotatable bonds is 5. The van der Waals surface area contributed by atoms with Gasteiger partial charge in [0.05, 0.1) is 6.61 Å². The molecule has 0 heterocycles. The van der Waals surface area contributed by atoms with E-state index in [-0.39, 0.29) is 5.97 Å². The van der Waals surface area contributed by atoms with Crippen LogP contribution < -0.4 is 0 Å². The first kappa shape index (κ1) is 10.5. The normalized spacial score (nSPS) is 10.2. The van der Waals surface area contributed by atoms with Gasteiger partial charge in [0.1, 0.15) is 0 Å². The maximum absolute atomic E-state index is 10.8. The van der Waals surface area contributed by atoms with E-state index in [1.807, 2.05) is 6.92 Å². The second-order valence-corrected chi connectivity index (χ2v) is 3.09. The van der Waals surface area contributed by atoms with Crippen molar-refractivity contribution < 1.29 is 9.53 Å². The van der Waals surface area contributed by atoms with Crippen molar-refractivity contribution in [2.45, 2.75) is 40.0 Å². The summed E-state index contributed by atoms with van der Waals surface area (Å²) in [4.78, 5) is 10.8. The standard InChI is InChI=1S/C9H18O2/c1-4-11-9(10)7-5-6-8(2)3/h8H,4-7H2,1-3H3. The van der Waals surface area contributed by atoms with Crippen LogP contribution in [0.3, 0.4) is 0 Å². The van der Waals surface area contributed by atoms with Gasteiger partial charge < -0.3 is 4.74 Å². The fraction of sp³-hybridized carbons (Fsp3) is 0.889. The molecule has 0 spiro atoms. The Kier molecular flexibility index (Phi) is 5.90. The maximum Gasteiger partial charge on any atom is 0.305 e. The van der Waals surface area contributed by atoms with Crippen LogP contribution in [0.1, 0.15) is 40.0 Å². The van der Waals surface area contributed by atoms with Crippen LogP contribution in [0.2, 0.25) is 0 Å². The lowest BCUT2D eigenvalue weighted by Crippen LogP contribution is -2.03. The minimum Gasteiger partial charge on any atom is -0.466 e. The Balaban J connectivity index is 3.17. The van der Waals surface area contributed by atoms with E-state index in [0.29, 0.717) is 18.9 Å². The zero-order valence-corrected chi connectivity index (χ0v) is 7.72. The predicted molar refractivity (Wildman–Crippen MR) is 45.3 cm³/mol. The van der Waals surface area contributed by atoms with Crippen molar-refractivity contribution >= 4 is 5.97 Å². The molecule has 0 saturated carbocycles. The molecule has 0 fully saturated rings.